The average molecular weight is 404 g/mol. The highest BCUT2D eigenvalue weighted by atomic mass is 32.2. The number of para-hydroxylation sites is 1. The van der Waals surface area contributed by atoms with Crippen molar-refractivity contribution in [2.45, 2.75) is 24.3 Å². The van der Waals surface area contributed by atoms with Gasteiger partial charge in [0.15, 0.2) is 5.60 Å². The summed E-state index contributed by atoms with van der Waals surface area (Å²) in [7, 11) is -3.61. The Bertz CT molecular complexity index is 919. The molecule has 0 radical (unpaired) electrons. The fourth-order valence-corrected chi connectivity index (χ4v) is 4.41. The molecule has 1 heterocycles. The van der Waals surface area contributed by atoms with Crippen molar-refractivity contribution in [3.63, 3.8) is 0 Å². The second kappa shape index (κ2) is 7.81. The molecule has 1 aliphatic rings. The predicted octanol–water partition coefficient (Wildman–Crippen LogP) is 2.44. The number of aliphatic carboxylic acids is 1. The lowest BCUT2D eigenvalue weighted by Crippen LogP contribution is -2.48. The molecule has 0 aliphatic carbocycles. The van der Waals surface area contributed by atoms with Crippen molar-refractivity contribution in [2.75, 3.05) is 31.1 Å². The largest absolute Gasteiger partial charge is 0.478 e. The first kappa shape index (κ1) is 20.2. The third kappa shape index (κ3) is 4.28. The third-order valence-electron chi connectivity index (χ3n) is 4.71. The lowest BCUT2D eigenvalue weighted by atomic mass is 10.1. The number of piperazine rings is 1. The summed E-state index contributed by atoms with van der Waals surface area (Å²) in [6, 6.07) is 15.8. The SMILES string of the molecule is CC(C)(Oc1ccc(S(=O)(=O)N2CCN(c3ccccc3)CC2)cc1)C(=O)O. The second-order valence-corrected chi connectivity index (χ2v) is 9.05. The van der Waals surface area contributed by atoms with Crippen molar-refractivity contribution < 1.29 is 23.1 Å². The molecule has 8 heteroatoms. The predicted molar refractivity (Wildman–Crippen MR) is 106 cm³/mol. The van der Waals surface area contributed by atoms with Gasteiger partial charge in [-0.25, -0.2) is 13.2 Å². The fraction of sp³-hybridized carbons (Fsp3) is 0.350. The van der Waals surface area contributed by atoms with Crippen LogP contribution in [0.15, 0.2) is 59.5 Å². The Kier molecular flexibility index (Phi) is 5.62. The van der Waals surface area contributed by atoms with E-state index in [0.717, 1.165) is 5.69 Å². The van der Waals surface area contributed by atoms with Crippen LogP contribution in [0.1, 0.15) is 13.8 Å². The van der Waals surface area contributed by atoms with Gasteiger partial charge in [0.05, 0.1) is 4.90 Å². The van der Waals surface area contributed by atoms with Gasteiger partial charge < -0.3 is 14.7 Å². The highest BCUT2D eigenvalue weighted by molar-refractivity contribution is 7.89. The van der Waals surface area contributed by atoms with Gasteiger partial charge >= 0.3 is 5.97 Å². The first-order valence-corrected chi connectivity index (χ1v) is 10.5. The monoisotopic (exact) mass is 404 g/mol. The molecule has 0 unspecified atom stereocenters. The van der Waals surface area contributed by atoms with Crippen molar-refractivity contribution >= 4 is 21.7 Å². The number of anilines is 1. The van der Waals surface area contributed by atoms with Gasteiger partial charge in [-0.15, -0.1) is 0 Å². The number of hydrogen-bond donors (Lipinski definition) is 1. The number of carboxylic acids is 1. The van der Waals surface area contributed by atoms with E-state index >= 15 is 0 Å². The van der Waals surface area contributed by atoms with E-state index in [1.165, 1.54) is 42.4 Å². The summed E-state index contributed by atoms with van der Waals surface area (Å²) in [6.45, 7) is 4.93. The van der Waals surface area contributed by atoms with Gasteiger partial charge in [0.1, 0.15) is 5.75 Å². The Morgan fingerprint density at radius 3 is 2.07 bits per heavy atom. The van der Waals surface area contributed by atoms with E-state index in [-0.39, 0.29) is 4.90 Å². The van der Waals surface area contributed by atoms with E-state index in [2.05, 4.69) is 4.90 Å². The normalized spacial score (nSPS) is 16.0. The number of ether oxygens (including phenoxy) is 1. The van der Waals surface area contributed by atoms with Crippen LogP contribution in [0.25, 0.3) is 0 Å². The van der Waals surface area contributed by atoms with Crippen molar-refractivity contribution in [3.8, 4) is 5.75 Å². The van der Waals surface area contributed by atoms with Crippen LogP contribution in [0.4, 0.5) is 5.69 Å². The molecule has 0 spiro atoms. The van der Waals surface area contributed by atoms with Gasteiger partial charge in [0.2, 0.25) is 10.0 Å². The minimum absolute atomic E-state index is 0.168. The summed E-state index contributed by atoms with van der Waals surface area (Å²) in [5, 5.41) is 9.13. The Hall–Kier alpha value is -2.58. The maximum absolute atomic E-state index is 12.9. The van der Waals surface area contributed by atoms with Crippen LogP contribution in [-0.2, 0) is 14.8 Å². The second-order valence-electron chi connectivity index (χ2n) is 7.12. The van der Waals surface area contributed by atoms with Crippen LogP contribution in [0, 0.1) is 0 Å². The van der Waals surface area contributed by atoms with E-state index in [0.29, 0.717) is 31.9 Å². The van der Waals surface area contributed by atoms with E-state index in [4.69, 9.17) is 9.84 Å². The summed E-state index contributed by atoms with van der Waals surface area (Å²) in [6.07, 6.45) is 0. The van der Waals surface area contributed by atoms with Crippen LogP contribution >= 0.6 is 0 Å². The number of benzene rings is 2. The Labute approximate surface area is 165 Å². The van der Waals surface area contributed by atoms with Gasteiger partial charge in [0, 0.05) is 31.9 Å². The van der Waals surface area contributed by atoms with Crippen molar-refractivity contribution in [1.82, 2.24) is 4.31 Å². The number of rotatable bonds is 6. The average Bonchev–Trinajstić information content (AvgIpc) is 2.69. The standard InChI is InChI=1S/C20H24N2O5S/c1-20(2,19(23)24)27-17-8-10-18(11-9-17)28(25,26)22-14-12-21(13-15-22)16-6-4-3-5-7-16/h3-11H,12-15H2,1-2H3,(H,23,24). The molecule has 150 valence electrons. The van der Waals surface area contributed by atoms with Crippen LogP contribution in [0.3, 0.4) is 0 Å². The highest BCUT2D eigenvalue weighted by Crippen LogP contribution is 2.24. The summed E-state index contributed by atoms with van der Waals surface area (Å²) in [5.74, 6) is -0.791. The number of carbonyl (C=O) groups is 1. The summed E-state index contributed by atoms with van der Waals surface area (Å²) in [5.41, 5.74) is -0.309. The maximum atomic E-state index is 12.9. The zero-order valence-electron chi connectivity index (χ0n) is 15.9. The maximum Gasteiger partial charge on any atom is 0.347 e. The Morgan fingerprint density at radius 2 is 1.54 bits per heavy atom. The van der Waals surface area contributed by atoms with Gasteiger partial charge in [-0.1, -0.05) is 18.2 Å². The first-order valence-electron chi connectivity index (χ1n) is 9.03. The summed E-state index contributed by atoms with van der Waals surface area (Å²) in [4.78, 5) is 13.5. The molecule has 0 aromatic heterocycles. The lowest BCUT2D eigenvalue weighted by Gasteiger charge is -2.35. The van der Waals surface area contributed by atoms with Crippen LogP contribution in [0.2, 0.25) is 0 Å². The molecule has 0 atom stereocenters. The minimum Gasteiger partial charge on any atom is -0.478 e. The summed E-state index contributed by atoms with van der Waals surface area (Å²) < 4.78 is 32.7. The molecule has 2 aromatic carbocycles. The number of sulfonamides is 1. The molecular weight excluding hydrogens is 380 g/mol. The molecule has 28 heavy (non-hydrogen) atoms. The number of hydrogen-bond acceptors (Lipinski definition) is 5. The van der Waals surface area contributed by atoms with Crippen molar-refractivity contribution in [3.05, 3.63) is 54.6 Å². The molecule has 0 saturated carbocycles. The zero-order valence-corrected chi connectivity index (χ0v) is 16.7. The zero-order chi connectivity index (χ0) is 20.4. The Morgan fingerprint density at radius 1 is 0.964 bits per heavy atom. The van der Waals surface area contributed by atoms with Crippen LogP contribution in [-0.4, -0.2) is 55.6 Å². The van der Waals surface area contributed by atoms with Crippen molar-refractivity contribution in [2.24, 2.45) is 0 Å². The number of carboxylic acid groups (broad SMARTS) is 1. The Balaban J connectivity index is 1.67. The van der Waals surface area contributed by atoms with E-state index in [9.17, 15) is 13.2 Å². The molecule has 0 amide bonds. The first-order chi connectivity index (χ1) is 13.2. The van der Waals surface area contributed by atoms with E-state index in [1.54, 1.807) is 0 Å². The molecule has 3 rings (SSSR count). The fourth-order valence-electron chi connectivity index (χ4n) is 2.99. The smallest absolute Gasteiger partial charge is 0.347 e. The molecule has 1 saturated heterocycles. The summed E-state index contributed by atoms with van der Waals surface area (Å²) >= 11 is 0. The van der Waals surface area contributed by atoms with E-state index in [1.807, 2.05) is 30.3 Å². The molecule has 1 fully saturated rings. The lowest BCUT2D eigenvalue weighted by molar-refractivity contribution is -0.152. The molecule has 0 bridgehead atoms. The van der Waals surface area contributed by atoms with Crippen molar-refractivity contribution in [1.29, 1.82) is 0 Å². The quantitative estimate of drug-likeness (QED) is 0.796. The van der Waals surface area contributed by atoms with Gasteiger partial charge in [-0.3, -0.25) is 0 Å². The van der Waals surface area contributed by atoms with Crippen LogP contribution < -0.4 is 9.64 Å². The molecule has 2 aromatic rings. The molecular formula is C20H24N2O5S. The topological polar surface area (TPSA) is 87.2 Å². The van der Waals surface area contributed by atoms with E-state index < -0.39 is 21.6 Å². The third-order valence-corrected chi connectivity index (χ3v) is 6.62. The molecule has 1 N–H and O–H groups in total. The highest BCUT2D eigenvalue weighted by Gasteiger charge is 2.31. The van der Waals surface area contributed by atoms with Gasteiger partial charge in [0.25, 0.3) is 0 Å². The minimum atomic E-state index is -3.61. The van der Waals surface area contributed by atoms with Gasteiger partial charge in [-0.05, 0) is 50.2 Å². The number of nitrogens with zero attached hydrogens (tertiary/aromatic N) is 2. The van der Waals surface area contributed by atoms with Gasteiger partial charge in [-0.2, -0.15) is 4.31 Å². The van der Waals surface area contributed by atoms with Crippen LogP contribution in [0.5, 0.6) is 5.75 Å². The molecule has 7 nitrogen and oxygen atoms in total. The molecule has 1 aliphatic heterocycles.